The Labute approximate surface area is 230 Å². The number of fused-ring (bicyclic) bond motifs is 1. The Bertz CT molecular complexity index is 1270. The maximum absolute atomic E-state index is 13.5. The van der Waals surface area contributed by atoms with Crippen molar-refractivity contribution in [3.8, 4) is 0 Å². The standard InChI is InChI=1S/C30H39ClN6O/c1-21-17-26(31)11-10-24(21)19-28(32)29(38)37-16-15-36(20-27(37)7-4-13-35-30(33)34)14-12-22-8-9-23-5-2-3-6-25(23)18-22/h2-3,5-6,8-11,17-18,27-28H,4,7,12-16,19-20,32H2,1H3,(H4,33,34,35)/t27?,28-/m1/s1. The molecular formula is C30H39ClN6O. The van der Waals surface area contributed by atoms with Crippen LogP contribution < -0.4 is 17.2 Å². The van der Waals surface area contributed by atoms with E-state index in [9.17, 15) is 4.79 Å². The average Bonchev–Trinajstić information content (AvgIpc) is 2.91. The highest BCUT2D eigenvalue weighted by Gasteiger charge is 2.32. The highest BCUT2D eigenvalue weighted by molar-refractivity contribution is 6.30. The third-order valence-corrected chi connectivity index (χ3v) is 7.67. The molecule has 1 saturated heterocycles. The molecule has 3 aromatic rings. The number of nitrogens with zero attached hydrogens (tertiary/aromatic N) is 3. The van der Waals surface area contributed by atoms with Crippen LogP contribution in [0.25, 0.3) is 10.8 Å². The summed E-state index contributed by atoms with van der Waals surface area (Å²) >= 11 is 6.11. The zero-order chi connectivity index (χ0) is 27.1. The summed E-state index contributed by atoms with van der Waals surface area (Å²) in [6, 6.07) is 20.3. The number of aryl methyl sites for hydroxylation is 1. The minimum absolute atomic E-state index is 0.000342. The second-order valence-corrected chi connectivity index (χ2v) is 10.7. The number of guanidine groups is 1. The van der Waals surface area contributed by atoms with Gasteiger partial charge in [-0.2, -0.15) is 0 Å². The number of nitrogens with two attached hydrogens (primary N) is 3. The number of halogens is 1. The molecular weight excluding hydrogens is 496 g/mol. The van der Waals surface area contributed by atoms with Gasteiger partial charge in [-0.25, -0.2) is 0 Å². The van der Waals surface area contributed by atoms with Crippen LogP contribution in [-0.2, 0) is 17.6 Å². The smallest absolute Gasteiger partial charge is 0.240 e. The highest BCUT2D eigenvalue weighted by atomic mass is 35.5. The van der Waals surface area contributed by atoms with Gasteiger partial charge in [-0.3, -0.25) is 14.7 Å². The maximum atomic E-state index is 13.5. The lowest BCUT2D eigenvalue weighted by atomic mass is 9.98. The van der Waals surface area contributed by atoms with Crippen LogP contribution in [0, 0.1) is 6.92 Å². The van der Waals surface area contributed by atoms with Crippen molar-refractivity contribution in [1.29, 1.82) is 0 Å². The van der Waals surface area contributed by atoms with Crippen molar-refractivity contribution < 1.29 is 4.79 Å². The van der Waals surface area contributed by atoms with Gasteiger partial charge in [0.1, 0.15) is 0 Å². The molecule has 1 amide bonds. The Hall–Kier alpha value is -3.13. The van der Waals surface area contributed by atoms with Crippen molar-refractivity contribution in [3.63, 3.8) is 0 Å². The number of amides is 1. The van der Waals surface area contributed by atoms with E-state index in [1.807, 2.05) is 30.0 Å². The fourth-order valence-electron chi connectivity index (χ4n) is 5.30. The second-order valence-electron chi connectivity index (χ2n) is 10.2. The van der Waals surface area contributed by atoms with Gasteiger partial charge in [0.2, 0.25) is 5.91 Å². The zero-order valence-electron chi connectivity index (χ0n) is 22.2. The molecule has 38 heavy (non-hydrogen) atoms. The van der Waals surface area contributed by atoms with Crippen LogP contribution in [0.2, 0.25) is 5.02 Å². The van der Waals surface area contributed by atoms with Crippen LogP contribution >= 0.6 is 11.6 Å². The molecule has 7 nitrogen and oxygen atoms in total. The minimum Gasteiger partial charge on any atom is -0.370 e. The number of carbonyl (C=O) groups excluding carboxylic acids is 1. The molecule has 202 valence electrons. The fourth-order valence-corrected chi connectivity index (χ4v) is 5.53. The molecule has 0 spiro atoms. The Morgan fingerprint density at radius 2 is 1.87 bits per heavy atom. The first-order chi connectivity index (χ1) is 18.3. The van der Waals surface area contributed by atoms with E-state index in [-0.39, 0.29) is 17.9 Å². The lowest BCUT2D eigenvalue weighted by molar-refractivity contribution is -0.137. The third-order valence-electron chi connectivity index (χ3n) is 7.43. The molecule has 1 aliphatic heterocycles. The van der Waals surface area contributed by atoms with Crippen molar-refractivity contribution >= 4 is 34.2 Å². The van der Waals surface area contributed by atoms with Gasteiger partial charge in [0.05, 0.1) is 6.04 Å². The first-order valence-corrected chi connectivity index (χ1v) is 13.7. The molecule has 0 bridgehead atoms. The first kappa shape index (κ1) is 27.9. The van der Waals surface area contributed by atoms with Crippen molar-refractivity contribution in [2.75, 3.05) is 32.7 Å². The number of piperazine rings is 1. The van der Waals surface area contributed by atoms with Gasteiger partial charge in [-0.1, -0.05) is 60.1 Å². The maximum Gasteiger partial charge on any atom is 0.240 e. The van der Waals surface area contributed by atoms with Crippen molar-refractivity contribution in [2.24, 2.45) is 22.2 Å². The lowest BCUT2D eigenvalue weighted by Crippen LogP contribution is -2.59. The molecule has 2 atom stereocenters. The first-order valence-electron chi connectivity index (χ1n) is 13.4. The quantitative estimate of drug-likeness (QED) is 0.209. The highest BCUT2D eigenvalue weighted by Crippen LogP contribution is 2.21. The number of aliphatic imine (C=N–C) groups is 1. The van der Waals surface area contributed by atoms with Crippen LogP contribution in [-0.4, -0.2) is 66.5 Å². The van der Waals surface area contributed by atoms with E-state index in [1.165, 1.54) is 16.3 Å². The second kappa shape index (κ2) is 13.1. The summed E-state index contributed by atoms with van der Waals surface area (Å²) in [5.41, 5.74) is 20.9. The number of hydrogen-bond acceptors (Lipinski definition) is 4. The van der Waals surface area contributed by atoms with E-state index in [0.717, 1.165) is 50.0 Å². The van der Waals surface area contributed by atoms with E-state index in [0.29, 0.717) is 24.5 Å². The van der Waals surface area contributed by atoms with Crippen molar-refractivity contribution in [1.82, 2.24) is 9.80 Å². The normalized spacial score (nSPS) is 16.9. The van der Waals surface area contributed by atoms with Gasteiger partial charge in [-0.15, -0.1) is 0 Å². The topological polar surface area (TPSA) is 114 Å². The molecule has 6 N–H and O–H groups in total. The molecule has 3 aromatic carbocycles. The Morgan fingerprint density at radius 1 is 1.08 bits per heavy atom. The predicted molar refractivity (Wildman–Crippen MR) is 157 cm³/mol. The number of hydrogen-bond donors (Lipinski definition) is 3. The molecule has 1 aliphatic rings. The number of carbonyl (C=O) groups is 1. The third kappa shape index (κ3) is 7.47. The summed E-state index contributed by atoms with van der Waals surface area (Å²) in [5, 5.41) is 3.21. The molecule has 0 saturated carbocycles. The van der Waals surface area contributed by atoms with Gasteiger partial charge >= 0.3 is 0 Å². The summed E-state index contributed by atoms with van der Waals surface area (Å²) in [7, 11) is 0. The summed E-state index contributed by atoms with van der Waals surface area (Å²) in [6.07, 6.45) is 3.08. The Kier molecular flexibility index (Phi) is 9.61. The number of rotatable bonds is 10. The molecule has 1 fully saturated rings. The monoisotopic (exact) mass is 534 g/mol. The molecule has 0 aliphatic carbocycles. The molecule has 1 heterocycles. The summed E-state index contributed by atoms with van der Waals surface area (Å²) in [5.74, 6) is 0.0966. The summed E-state index contributed by atoms with van der Waals surface area (Å²) < 4.78 is 0. The van der Waals surface area contributed by atoms with Gasteiger partial charge in [0.25, 0.3) is 0 Å². The van der Waals surface area contributed by atoms with E-state index in [2.05, 4.69) is 52.4 Å². The van der Waals surface area contributed by atoms with Gasteiger partial charge in [-0.05, 0) is 72.2 Å². The molecule has 8 heteroatoms. The van der Waals surface area contributed by atoms with Gasteiger partial charge in [0.15, 0.2) is 5.96 Å². The zero-order valence-corrected chi connectivity index (χ0v) is 22.9. The van der Waals surface area contributed by atoms with Gasteiger partial charge < -0.3 is 22.1 Å². The van der Waals surface area contributed by atoms with Crippen LogP contribution in [0.15, 0.2) is 65.7 Å². The molecule has 4 rings (SSSR count). The van der Waals surface area contributed by atoms with Crippen LogP contribution in [0.5, 0.6) is 0 Å². The van der Waals surface area contributed by atoms with E-state index >= 15 is 0 Å². The summed E-state index contributed by atoms with van der Waals surface area (Å²) in [4.78, 5) is 22.1. The average molecular weight is 535 g/mol. The molecule has 0 radical (unpaired) electrons. The Morgan fingerprint density at radius 3 is 2.63 bits per heavy atom. The minimum atomic E-state index is -0.598. The van der Waals surface area contributed by atoms with E-state index in [1.54, 1.807) is 0 Å². The van der Waals surface area contributed by atoms with Crippen LogP contribution in [0.1, 0.15) is 29.5 Å². The fraction of sp³-hybridized carbons (Fsp3) is 0.400. The van der Waals surface area contributed by atoms with E-state index < -0.39 is 6.04 Å². The number of benzene rings is 3. The SMILES string of the molecule is Cc1cc(Cl)ccc1C[C@@H](N)C(=O)N1CCN(CCc2ccc3ccccc3c2)CC1CCCN=C(N)N. The summed E-state index contributed by atoms with van der Waals surface area (Å²) in [6.45, 7) is 5.80. The van der Waals surface area contributed by atoms with Crippen LogP contribution in [0.4, 0.5) is 0 Å². The lowest BCUT2D eigenvalue weighted by Gasteiger charge is -2.42. The van der Waals surface area contributed by atoms with Gasteiger partial charge in [0, 0.05) is 43.8 Å². The Balaban J connectivity index is 1.40. The van der Waals surface area contributed by atoms with Crippen molar-refractivity contribution in [3.05, 3.63) is 82.4 Å². The molecule has 0 aromatic heterocycles. The van der Waals surface area contributed by atoms with E-state index in [4.69, 9.17) is 28.8 Å². The predicted octanol–water partition coefficient (Wildman–Crippen LogP) is 3.48. The van der Waals surface area contributed by atoms with Crippen LogP contribution in [0.3, 0.4) is 0 Å². The van der Waals surface area contributed by atoms with Crippen molar-refractivity contribution in [2.45, 2.75) is 44.7 Å². The largest absolute Gasteiger partial charge is 0.370 e. The molecule has 1 unspecified atom stereocenters.